The van der Waals surface area contributed by atoms with E-state index in [0.29, 0.717) is 24.9 Å². The summed E-state index contributed by atoms with van der Waals surface area (Å²) in [6.45, 7) is 5.24. The highest BCUT2D eigenvalue weighted by molar-refractivity contribution is 7.89. The van der Waals surface area contributed by atoms with Gasteiger partial charge in [-0.3, -0.25) is 9.89 Å². The van der Waals surface area contributed by atoms with E-state index in [1.165, 1.54) is 12.8 Å². The largest absolute Gasteiger partial charge is 0.343 e. The molecule has 2 N–H and O–H groups in total. The zero-order valence-electron chi connectivity index (χ0n) is 17.5. The Kier molecular flexibility index (Phi) is 5.92. The zero-order chi connectivity index (χ0) is 21.3. The molecule has 1 aliphatic heterocycles. The Morgan fingerprint density at radius 1 is 1.13 bits per heavy atom. The standard InChI is InChI=1S/C21H29N5O3S/c1-14-3-6-18(13-15(14)2)30(28,29)22-10-7-19(27)26-11-8-17(9-12-26)21-23-20(24-25-21)16-4-5-16/h3,6,13,16-17,22H,4-5,7-12H2,1-2H3,(H,23,24,25). The van der Waals surface area contributed by atoms with Crippen LogP contribution in [0, 0.1) is 13.8 Å². The van der Waals surface area contributed by atoms with Crippen molar-refractivity contribution in [3.63, 3.8) is 0 Å². The number of sulfonamides is 1. The van der Waals surface area contributed by atoms with Gasteiger partial charge in [0.15, 0.2) is 5.82 Å². The third kappa shape index (κ3) is 4.73. The topological polar surface area (TPSA) is 108 Å². The molecule has 30 heavy (non-hydrogen) atoms. The molecule has 9 heteroatoms. The van der Waals surface area contributed by atoms with Crippen LogP contribution in [0.4, 0.5) is 0 Å². The lowest BCUT2D eigenvalue weighted by molar-refractivity contribution is -0.132. The Balaban J connectivity index is 1.24. The molecule has 0 unspecified atom stereocenters. The fourth-order valence-corrected chi connectivity index (χ4v) is 4.93. The van der Waals surface area contributed by atoms with Crippen LogP contribution in [0.5, 0.6) is 0 Å². The minimum atomic E-state index is -3.61. The maximum absolute atomic E-state index is 12.5. The van der Waals surface area contributed by atoms with E-state index in [1.807, 2.05) is 18.7 Å². The van der Waals surface area contributed by atoms with Crippen molar-refractivity contribution in [1.29, 1.82) is 0 Å². The number of rotatable bonds is 7. The fourth-order valence-electron chi connectivity index (χ4n) is 3.81. The first kappa shape index (κ1) is 21.0. The molecule has 2 heterocycles. The van der Waals surface area contributed by atoms with Crippen molar-refractivity contribution in [3.05, 3.63) is 41.0 Å². The van der Waals surface area contributed by atoms with E-state index in [1.54, 1.807) is 18.2 Å². The number of carbonyl (C=O) groups is 1. The lowest BCUT2D eigenvalue weighted by atomic mass is 9.96. The van der Waals surface area contributed by atoms with Gasteiger partial charge < -0.3 is 4.90 Å². The number of aromatic nitrogens is 3. The summed E-state index contributed by atoms with van der Waals surface area (Å²) >= 11 is 0. The summed E-state index contributed by atoms with van der Waals surface area (Å²) < 4.78 is 27.5. The number of benzene rings is 1. The minimum Gasteiger partial charge on any atom is -0.343 e. The number of H-pyrrole nitrogens is 1. The summed E-state index contributed by atoms with van der Waals surface area (Å²) in [6, 6.07) is 5.04. The summed E-state index contributed by atoms with van der Waals surface area (Å²) in [5.74, 6) is 2.68. The molecule has 4 rings (SSSR count). The van der Waals surface area contributed by atoms with Gasteiger partial charge in [-0.15, -0.1) is 0 Å². The van der Waals surface area contributed by atoms with Gasteiger partial charge in [0.1, 0.15) is 5.82 Å². The predicted molar refractivity (Wildman–Crippen MR) is 113 cm³/mol. The number of carbonyl (C=O) groups excluding carboxylic acids is 1. The van der Waals surface area contributed by atoms with Crippen molar-refractivity contribution in [2.45, 2.75) is 62.7 Å². The molecule has 2 aliphatic rings. The van der Waals surface area contributed by atoms with Crippen LogP contribution in [-0.4, -0.2) is 54.0 Å². The van der Waals surface area contributed by atoms with E-state index in [9.17, 15) is 13.2 Å². The van der Waals surface area contributed by atoms with E-state index >= 15 is 0 Å². The molecular weight excluding hydrogens is 402 g/mol. The van der Waals surface area contributed by atoms with E-state index in [4.69, 9.17) is 0 Å². The number of aromatic amines is 1. The van der Waals surface area contributed by atoms with E-state index in [-0.39, 0.29) is 23.8 Å². The number of piperidine rings is 1. The molecular formula is C21H29N5O3S. The number of nitrogens with zero attached hydrogens (tertiary/aromatic N) is 3. The number of nitrogens with one attached hydrogen (secondary N) is 2. The van der Waals surface area contributed by atoms with Gasteiger partial charge in [-0.2, -0.15) is 5.10 Å². The van der Waals surface area contributed by atoms with Gasteiger partial charge in [-0.1, -0.05) is 6.07 Å². The van der Waals surface area contributed by atoms with Gasteiger partial charge in [0.25, 0.3) is 0 Å². The average molecular weight is 432 g/mol. The first-order chi connectivity index (χ1) is 14.3. The predicted octanol–water partition coefficient (Wildman–Crippen LogP) is 2.37. The SMILES string of the molecule is Cc1ccc(S(=O)(=O)NCCC(=O)N2CCC(c3nc(C4CC4)n[nH]3)CC2)cc1C. The molecule has 1 saturated carbocycles. The van der Waals surface area contributed by atoms with Crippen molar-refractivity contribution in [3.8, 4) is 0 Å². The van der Waals surface area contributed by atoms with Crippen LogP contribution in [0.15, 0.2) is 23.1 Å². The van der Waals surface area contributed by atoms with Crippen molar-refractivity contribution < 1.29 is 13.2 Å². The fraction of sp³-hybridized carbons (Fsp3) is 0.571. The molecule has 162 valence electrons. The normalized spacial score (nSPS) is 18.0. The quantitative estimate of drug-likeness (QED) is 0.700. The first-order valence-electron chi connectivity index (χ1n) is 10.6. The molecule has 2 aromatic rings. The second kappa shape index (κ2) is 8.47. The van der Waals surface area contributed by atoms with Crippen LogP contribution in [-0.2, 0) is 14.8 Å². The zero-order valence-corrected chi connectivity index (χ0v) is 18.3. The third-order valence-electron chi connectivity index (χ3n) is 6.12. The molecule has 1 aromatic carbocycles. The average Bonchev–Trinajstić information content (AvgIpc) is 3.46. The van der Waals surface area contributed by atoms with E-state index in [0.717, 1.165) is 35.6 Å². The van der Waals surface area contributed by atoms with Crippen molar-refractivity contribution >= 4 is 15.9 Å². The van der Waals surface area contributed by atoms with Crippen LogP contribution in [0.3, 0.4) is 0 Å². The van der Waals surface area contributed by atoms with Crippen LogP contribution >= 0.6 is 0 Å². The third-order valence-corrected chi connectivity index (χ3v) is 7.58. The molecule has 0 radical (unpaired) electrons. The van der Waals surface area contributed by atoms with Gasteiger partial charge >= 0.3 is 0 Å². The van der Waals surface area contributed by atoms with E-state index < -0.39 is 10.0 Å². The molecule has 0 spiro atoms. The molecule has 8 nitrogen and oxygen atoms in total. The molecule has 2 fully saturated rings. The lowest BCUT2D eigenvalue weighted by Crippen LogP contribution is -2.39. The Hall–Kier alpha value is -2.26. The smallest absolute Gasteiger partial charge is 0.240 e. The molecule has 1 aliphatic carbocycles. The van der Waals surface area contributed by atoms with Gasteiger partial charge in [0, 0.05) is 37.9 Å². The lowest BCUT2D eigenvalue weighted by Gasteiger charge is -2.31. The Morgan fingerprint density at radius 2 is 1.87 bits per heavy atom. The Labute approximate surface area is 177 Å². The van der Waals surface area contributed by atoms with Gasteiger partial charge in [-0.05, 0) is 62.8 Å². The van der Waals surface area contributed by atoms with Crippen LogP contribution in [0.1, 0.15) is 66.7 Å². The van der Waals surface area contributed by atoms with Crippen molar-refractivity contribution in [2.75, 3.05) is 19.6 Å². The number of likely N-dealkylation sites (tertiary alicyclic amines) is 1. The summed E-state index contributed by atoms with van der Waals surface area (Å²) in [4.78, 5) is 19.2. The molecule has 1 aromatic heterocycles. The van der Waals surface area contributed by atoms with Crippen molar-refractivity contribution in [1.82, 2.24) is 24.8 Å². The monoisotopic (exact) mass is 431 g/mol. The van der Waals surface area contributed by atoms with Crippen molar-refractivity contribution in [2.24, 2.45) is 0 Å². The Morgan fingerprint density at radius 3 is 2.53 bits per heavy atom. The summed E-state index contributed by atoms with van der Waals surface area (Å²) in [5.41, 5.74) is 1.97. The second-order valence-corrected chi connectivity index (χ2v) is 10.2. The summed E-state index contributed by atoms with van der Waals surface area (Å²) in [5, 5.41) is 7.40. The molecule has 0 bridgehead atoms. The minimum absolute atomic E-state index is 0.0209. The van der Waals surface area contributed by atoms with Gasteiger partial charge in [0.2, 0.25) is 15.9 Å². The second-order valence-electron chi connectivity index (χ2n) is 8.40. The maximum Gasteiger partial charge on any atom is 0.240 e. The molecule has 1 amide bonds. The van der Waals surface area contributed by atoms with Gasteiger partial charge in [-0.25, -0.2) is 18.1 Å². The summed E-state index contributed by atoms with van der Waals surface area (Å²) in [6.07, 6.45) is 4.21. The van der Waals surface area contributed by atoms with Crippen LogP contribution in [0.25, 0.3) is 0 Å². The molecule has 1 saturated heterocycles. The Bertz CT molecular complexity index is 1020. The first-order valence-corrected chi connectivity index (χ1v) is 12.1. The van der Waals surface area contributed by atoms with Gasteiger partial charge in [0.05, 0.1) is 4.90 Å². The summed E-state index contributed by atoms with van der Waals surface area (Å²) in [7, 11) is -3.61. The number of amides is 1. The van der Waals surface area contributed by atoms with E-state index in [2.05, 4.69) is 19.9 Å². The van der Waals surface area contributed by atoms with Crippen LogP contribution < -0.4 is 4.72 Å². The highest BCUT2D eigenvalue weighted by Gasteiger charge is 2.30. The number of aryl methyl sites for hydroxylation is 2. The highest BCUT2D eigenvalue weighted by Crippen LogP contribution is 2.38. The molecule has 0 atom stereocenters. The van der Waals surface area contributed by atoms with Crippen LogP contribution in [0.2, 0.25) is 0 Å². The maximum atomic E-state index is 12.5. The number of hydrogen-bond donors (Lipinski definition) is 2. The highest BCUT2D eigenvalue weighted by atomic mass is 32.2. The number of hydrogen-bond acceptors (Lipinski definition) is 5.